The van der Waals surface area contributed by atoms with Crippen LogP contribution in [0.25, 0.3) is 11.0 Å². The molecule has 0 bridgehead atoms. The first-order valence-electron chi connectivity index (χ1n) is 11.1. The second kappa shape index (κ2) is 8.79. The molecule has 1 aliphatic rings. The van der Waals surface area contributed by atoms with Gasteiger partial charge in [0.2, 0.25) is 0 Å². The lowest BCUT2D eigenvalue weighted by Crippen LogP contribution is -2.39. The van der Waals surface area contributed by atoms with Gasteiger partial charge in [-0.3, -0.25) is 4.79 Å². The number of rotatable bonds is 5. The number of amides is 1. The van der Waals surface area contributed by atoms with Crippen LogP contribution in [0.15, 0.2) is 60.7 Å². The molecular formula is C26H27N3O2S. The standard InChI is InChI=1S/C26H27N3O2S/c1-18-7-10-21(11-8-18)31-17-25-27-22-5-3-4-6-23(22)29(25)20-13-15-28(16-14-20)26(30)24-12-9-19(2)32-24/h3-12,20H,13-17H2,1-2H3. The Balaban J connectivity index is 1.34. The van der Waals surface area contributed by atoms with Gasteiger partial charge in [-0.25, -0.2) is 4.98 Å². The first-order chi connectivity index (χ1) is 15.6. The summed E-state index contributed by atoms with van der Waals surface area (Å²) in [6.07, 6.45) is 1.82. The summed E-state index contributed by atoms with van der Waals surface area (Å²) < 4.78 is 8.42. The Labute approximate surface area is 192 Å². The van der Waals surface area contributed by atoms with Gasteiger partial charge in [-0.1, -0.05) is 29.8 Å². The Morgan fingerprint density at radius 1 is 1.03 bits per heavy atom. The minimum Gasteiger partial charge on any atom is -0.486 e. The number of piperidine rings is 1. The molecule has 1 aliphatic heterocycles. The summed E-state index contributed by atoms with van der Waals surface area (Å²) in [4.78, 5) is 21.7. The molecular weight excluding hydrogens is 418 g/mol. The summed E-state index contributed by atoms with van der Waals surface area (Å²) in [6, 6.07) is 20.6. The second-order valence-corrected chi connectivity index (χ2v) is 9.71. The average Bonchev–Trinajstić information content (AvgIpc) is 3.42. The molecule has 2 aromatic carbocycles. The number of fused-ring (bicyclic) bond motifs is 1. The molecule has 164 valence electrons. The molecule has 1 saturated heterocycles. The topological polar surface area (TPSA) is 47.4 Å². The lowest BCUT2D eigenvalue weighted by atomic mass is 10.0. The number of benzene rings is 2. The molecule has 0 aliphatic carbocycles. The molecule has 6 heteroatoms. The van der Waals surface area contributed by atoms with Crippen LogP contribution < -0.4 is 4.74 Å². The van der Waals surface area contributed by atoms with Crippen molar-refractivity contribution in [3.8, 4) is 5.75 Å². The van der Waals surface area contributed by atoms with Gasteiger partial charge in [0.1, 0.15) is 18.2 Å². The van der Waals surface area contributed by atoms with Gasteiger partial charge < -0.3 is 14.2 Å². The molecule has 5 nitrogen and oxygen atoms in total. The molecule has 0 spiro atoms. The summed E-state index contributed by atoms with van der Waals surface area (Å²) in [5, 5.41) is 0. The fourth-order valence-electron chi connectivity index (χ4n) is 4.42. The zero-order chi connectivity index (χ0) is 22.1. The van der Waals surface area contributed by atoms with E-state index in [0.717, 1.165) is 53.4 Å². The highest BCUT2D eigenvalue weighted by Gasteiger charge is 2.28. The van der Waals surface area contributed by atoms with Gasteiger partial charge in [-0.2, -0.15) is 0 Å². The number of ether oxygens (including phenoxy) is 1. The van der Waals surface area contributed by atoms with Crippen molar-refractivity contribution in [2.24, 2.45) is 0 Å². The van der Waals surface area contributed by atoms with E-state index < -0.39 is 0 Å². The smallest absolute Gasteiger partial charge is 0.263 e. The number of aromatic nitrogens is 2. The van der Waals surface area contributed by atoms with Crippen LogP contribution in [0, 0.1) is 13.8 Å². The van der Waals surface area contributed by atoms with Crippen molar-refractivity contribution in [2.45, 2.75) is 39.3 Å². The van der Waals surface area contributed by atoms with E-state index in [9.17, 15) is 4.79 Å². The Bertz CT molecular complexity index is 1230. The summed E-state index contributed by atoms with van der Waals surface area (Å²) in [5.74, 6) is 1.94. The van der Waals surface area contributed by atoms with Crippen LogP contribution in [0.4, 0.5) is 0 Å². The third-order valence-corrected chi connectivity index (χ3v) is 7.11. The number of carbonyl (C=O) groups is 1. The maximum Gasteiger partial charge on any atom is 0.263 e. The average molecular weight is 446 g/mol. The van der Waals surface area contributed by atoms with Crippen molar-refractivity contribution < 1.29 is 9.53 Å². The zero-order valence-corrected chi connectivity index (χ0v) is 19.3. The van der Waals surface area contributed by atoms with Crippen LogP contribution in [0.1, 0.15) is 44.8 Å². The van der Waals surface area contributed by atoms with Crippen molar-refractivity contribution in [2.75, 3.05) is 13.1 Å². The van der Waals surface area contributed by atoms with Gasteiger partial charge in [0.15, 0.2) is 0 Å². The maximum absolute atomic E-state index is 12.9. The number of nitrogens with zero attached hydrogens (tertiary/aromatic N) is 3. The lowest BCUT2D eigenvalue weighted by molar-refractivity contribution is 0.0698. The molecule has 0 N–H and O–H groups in total. The zero-order valence-electron chi connectivity index (χ0n) is 18.5. The Morgan fingerprint density at radius 2 is 1.78 bits per heavy atom. The van der Waals surface area contributed by atoms with E-state index in [2.05, 4.69) is 41.8 Å². The predicted molar refractivity (Wildman–Crippen MR) is 128 cm³/mol. The van der Waals surface area contributed by atoms with E-state index in [1.165, 1.54) is 10.4 Å². The van der Waals surface area contributed by atoms with Gasteiger partial charge in [0.05, 0.1) is 15.9 Å². The Morgan fingerprint density at radius 3 is 2.50 bits per heavy atom. The molecule has 0 radical (unpaired) electrons. The van der Waals surface area contributed by atoms with Crippen LogP contribution in [0.5, 0.6) is 5.75 Å². The Hall–Kier alpha value is -3.12. The summed E-state index contributed by atoms with van der Waals surface area (Å²) >= 11 is 1.57. The second-order valence-electron chi connectivity index (χ2n) is 8.42. The van der Waals surface area contributed by atoms with E-state index in [1.54, 1.807) is 11.3 Å². The van der Waals surface area contributed by atoms with E-state index in [-0.39, 0.29) is 5.91 Å². The minimum atomic E-state index is 0.153. The SMILES string of the molecule is Cc1ccc(OCc2nc3ccccc3n2C2CCN(C(=O)c3ccc(C)s3)CC2)cc1. The van der Waals surface area contributed by atoms with Crippen LogP contribution in [-0.4, -0.2) is 33.4 Å². The largest absolute Gasteiger partial charge is 0.486 e. The number of aryl methyl sites for hydroxylation is 2. The van der Waals surface area contributed by atoms with Crippen LogP contribution in [-0.2, 0) is 6.61 Å². The van der Waals surface area contributed by atoms with E-state index >= 15 is 0 Å². The van der Waals surface area contributed by atoms with Crippen molar-refractivity contribution in [1.29, 1.82) is 0 Å². The summed E-state index contributed by atoms with van der Waals surface area (Å²) in [6.45, 7) is 6.04. The normalized spacial score (nSPS) is 14.8. The van der Waals surface area contributed by atoms with E-state index in [4.69, 9.17) is 9.72 Å². The maximum atomic E-state index is 12.9. The molecule has 3 heterocycles. The Kier molecular flexibility index (Phi) is 5.70. The molecule has 5 rings (SSSR count). The highest BCUT2D eigenvalue weighted by molar-refractivity contribution is 7.13. The third kappa shape index (κ3) is 4.15. The molecule has 1 fully saturated rings. The molecule has 32 heavy (non-hydrogen) atoms. The quantitative estimate of drug-likeness (QED) is 0.392. The fourth-order valence-corrected chi connectivity index (χ4v) is 5.25. The predicted octanol–water partition coefficient (Wildman–Crippen LogP) is 5.77. The van der Waals surface area contributed by atoms with Gasteiger partial charge in [-0.15, -0.1) is 11.3 Å². The lowest BCUT2D eigenvalue weighted by Gasteiger charge is -2.33. The number of hydrogen-bond donors (Lipinski definition) is 0. The number of para-hydroxylation sites is 2. The van der Waals surface area contributed by atoms with Crippen LogP contribution in [0.3, 0.4) is 0 Å². The van der Waals surface area contributed by atoms with Gasteiger partial charge >= 0.3 is 0 Å². The molecule has 2 aromatic heterocycles. The highest BCUT2D eigenvalue weighted by atomic mass is 32.1. The van der Waals surface area contributed by atoms with Crippen molar-refractivity contribution in [3.63, 3.8) is 0 Å². The van der Waals surface area contributed by atoms with Crippen molar-refractivity contribution in [3.05, 3.63) is 81.8 Å². The first-order valence-corrected chi connectivity index (χ1v) is 11.9. The first kappa shape index (κ1) is 20.8. The molecule has 0 saturated carbocycles. The number of imidazole rings is 1. The van der Waals surface area contributed by atoms with E-state index in [1.807, 2.05) is 42.2 Å². The molecule has 0 unspecified atom stereocenters. The third-order valence-electron chi connectivity index (χ3n) is 6.13. The minimum absolute atomic E-state index is 0.153. The highest BCUT2D eigenvalue weighted by Crippen LogP contribution is 2.30. The van der Waals surface area contributed by atoms with Crippen molar-refractivity contribution in [1.82, 2.24) is 14.5 Å². The van der Waals surface area contributed by atoms with Gasteiger partial charge in [0, 0.05) is 24.0 Å². The number of carbonyl (C=O) groups excluding carboxylic acids is 1. The van der Waals surface area contributed by atoms with Gasteiger partial charge in [0.25, 0.3) is 5.91 Å². The van der Waals surface area contributed by atoms with Gasteiger partial charge in [-0.05, 0) is 63.1 Å². The molecule has 4 aromatic rings. The number of hydrogen-bond acceptors (Lipinski definition) is 4. The van der Waals surface area contributed by atoms with Crippen LogP contribution in [0.2, 0.25) is 0 Å². The molecule has 0 atom stereocenters. The summed E-state index contributed by atoms with van der Waals surface area (Å²) in [7, 11) is 0. The van der Waals surface area contributed by atoms with Crippen molar-refractivity contribution >= 4 is 28.3 Å². The number of likely N-dealkylation sites (tertiary alicyclic amines) is 1. The summed E-state index contributed by atoms with van der Waals surface area (Å²) in [5.41, 5.74) is 3.33. The van der Waals surface area contributed by atoms with E-state index in [0.29, 0.717) is 12.6 Å². The molecule has 1 amide bonds. The van der Waals surface area contributed by atoms with Crippen LogP contribution >= 0.6 is 11.3 Å². The monoisotopic (exact) mass is 445 g/mol. The number of thiophene rings is 1. The fraction of sp³-hybridized carbons (Fsp3) is 0.308.